The van der Waals surface area contributed by atoms with E-state index in [-0.39, 0.29) is 18.1 Å². The molecule has 32 heavy (non-hydrogen) atoms. The van der Waals surface area contributed by atoms with Crippen molar-refractivity contribution in [3.63, 3.8) is 0 Å². The predicted molar refractivity (Wildman–Crippen MR) is 127 cm³/mol. The average molecular weight is 436 g/mol. The maximum Gasteiger partial charge on any atom is 0.122 e. The van der Waals surface area contributed by atoms with E-state index in [0.717, 1.165) is 51.2 Å². The van der Waals surface area contributed by atoms with Crippen molar-refractivity contribution in [3.05, 3.63) is 65.7 Å². The van der Waals surface area contributed by atoms with E-state index in [1.165, 1.54) is 37.1 Å². The monoisotopic (exact) mass is 435 g/mol. The quantitative estimate of drug-likeness (QED) is 0.665. The fraction of sp³-hybridized carbons (Fsp3) is 0.571. The van der Waals surface area contributed by atoms with E-state index < -0.39 is 0 Å². The first-order valence-corrected chi connectivity index (χ1v) is 12.5. The van der Waals surface area contributed by atoms with Gasteiger partial charge in [0.25, 0.3) is 0 Å². The highest BCUT2D eigenvalue weighted by Gasteiger charge is 2.48. The van der Waals surface area contributed by atoms with E-state index >= 15 is 0 Å². The molecule has 4 heteroatoms. The van der Waals surface area contributed by atoms with Crippen LogP contribution in [0.2, 0.25) is 0 Å². The Morgan fingerprint density at radius 2 is 1.66 bits per heavy atom. The Morgan fingerprint density at radius 3 is 2.34 bits per heavy atom. The minimum Gasteiger partial charge on any atom is -0.490 e. The zero-order valence-corrected chi connectivity index (χ0v) is 19.1. The average Bonchev–Trinajstić information content (AvgIpc) is 2.88. The summed E-state index contributed by atoms with van der Waals surface area (Å²) in [6, 6.07) is 19.3. The van der Waals surface area contributed by atoms with Gasteiger partial charge in [0.2, 0.25) is 0 Å². The van der Waals surface area contributed by atoms with E-state index in [1.54, 1.807) is 0 Å². The molecule has 4 saturated heterocycles. The van der Waals surface area contributed by atoms with Crippen LogP contribution in [0.3, 0.4) is 0 Å². The Morgan fingerprint density at radius 1 is 0.938 bits per heavy atom. The molecule has 4 aliphatic rings. The van der Waals surface area contributed by atoms with Crippen LogP contribution < -0.4 is 4.74 Å². The highest BCUT2D eigenvalue weighted by molar-refractivity contribution is 5.35. The van der Waals surface area contributed by atoms with E-state index in [4.69, 9.17) is 9.47 Å². The molecule has 0 aromatic heterocycles. The molecule has 2 aromatic rings. The summed E-state index contributed by atoms with van der Waals surface area (Å²) in [5.41, 5.74) is 2.34. The first-order valence-electron chi connectivity index (χ1n) is 12.5. The lowest BCUT2D eigenvalue weighted by molar-refractivity contribution is -0.0184. The van der Waals surface area contributed by atoms with Crippen molar-refractivity contribution in [2.75, 3.05) is 39.5 Å². The lowest BCUT2D eigenvalue weighted by Crippen LogP contribution is -2.56. The molecule has 2 atom stereocenters. The molecular weight excluding hydrogens is 398 g/mol. The molecule has 0 radical (unpaired) electrons. The van der Waals surface area contributed by atoms with E-state index in [2.05, 4.69) is 59.5 Å². The largest absolute Gasteiger partial charge is 0.490 e. The van der Waals surface area contributed by atoms with Crippen LogP contribution in [0.25, 0.3) is 0 Å². The van der Waals surface area contributed by atoms with E-state index in [0.29, 0.717) is 11.8 Å². The van der Waals surface area contributed by atoms with Crippen LogP contribution in [-0.2, 0) is 16.6 Å². The Balaban J connectivity index is 1.40. The second kappa shape index (κ2) is 9.94. The molecule has 0 amide bonds. The van der Waals surface area contributed by atoms with Crippen molar-refractivity contribution in [1.29, 1.82) is 0 Å². The number of hydrogen-bond donors (Lipinski definition) is 1. The highest BCUT2D eigenvalue weighted by Crippen LogP contribution is 2.47. The summed E-state index contributed by atoms with van der Waals surface area (Å²) in [5, 5.41) is 11.0. The standard InChI is InChI=1S/C28H37NO3/c30-21-28(24-7-2-1-3-8-24,26-20-29-16-11-22(26)12-17-29)15-10-23-6-4-5-9-27(23)32-25-13-18-31-19-14-25/h1-9,22,25-26,30H,10-21H2. The van der Waals surface area contributed by atoms with Crippen LogP contribution in [-0.4, -0.2) is 55.6 Å². The van der Waals surface area contributed by atoms with E-state index in [9.17, 15) is 5.11 Å². The fourth-order valence-corrected chi connectivity index (χ4v) is 6.35. The summed E-state index contributed by atoms with van der Waals surface area (Å²) in [4.78, 5) is 2.61. The second-order valence-electron chi connectivity index (χ2n) is 9.96. The molecule has 4 heterocycles. The third-order valence-electron chi connectivity index (χ3n) is 8.27. The molecule has 0 aliphatic carbocycles. The summed E-state index contributed by atoms with van der Waals surface area (Å²) >= 11 is 0. The molecule has 2 bridgehead atoms. The first kappa shape index (κ1) is 21.9. The summed E-state index contributed by atoms with van der Waals surface area (Å²) in [6.07, 6.45) is 6.54. The third-order valence-corrected chi connectivity index (χ3v) is 8.27. The van der Waals surface area contributed by atoms with Gasteiger partial charge in [-0.3, -0.25) is 0 Å². The Hall–Kier alpha value is -1.88. The van der Waals surface area contributed by atoms with Gasteiger partial charge in [-0.25, -0.2) is 0 Å². The van der Waals surface area contributed by atoms with Gasteiger partial charge in [-0.2, -0.15) is 0 Å². The van der Waals surface area contributed by atoms with Crippen LogP contribution >= 0.6 is 0 Å². The van der Waals surface area contributed by atoms with Crippen LogP contribution in [0.5, 0.6) is 5.75 Å². The van der Waals surface area contributed by atoms with Gasteiger partial charge in [0.05, 0.1) is 19.8 Å². The number of aliphatic hydroxyl groups excluding tert-OH is 1. The summed E-state index contributed by atoms with van der Waals surface area (Å²) in [5.74, 6) is 2.22. The zero-order valence-electron chi connectivity index (χ0n) is 19.1. The fourth-order valence-electron chi connectivity index (χ4n) is 6.35. The number of aliphatic hydroxyl groups is 1. The van der Waals surface area contributed by atoms with Crippen LogP contribution in [0.15, 0.2) is 54.6 Å². The van der Waals surface area contributed by atoms with Crippen molar-refractivity contribution in [3.8, 4) is 5.75 Å². The highest BCUT2D eigenvalue weighted by atomic mass is 16.5. The minimum atomic E-state index is -0.212. The number of fused-ring (bicyclic) bond motifs is 3. The molecule has 0 spiro atoms. The van der Waals surface area contributed by atoms with Gasteiger partial charge in [-0.1, -0.05) is 48.5 Å². The van der Waals surface area contributed by atoms with Gasteiger partial charge in [-0.15, -0.1) is 0 Å². The van der Waals surface area contributed by atoms with Crippen LogP contribution in [0.4, 0.5) is 0 Å². The molecule has 4 nitrogen and oxygen atoms in total. The smallest absolute Gasteiger partial charge is 0.122 e. The third kappa shape index (κ3) is 4.46. The summed E-state index contributed by atoms with van der Waals surface area (Å²) < 4.78 is 11.9. The Bertz CT molecular complexity index is 858. The van der Waals surface area contributed by atoms with Crippen molar-refractivity contribution < 1.29 is 14.6 Å². The normalized spacial score (nSPS) is 27.7. The number of ether oxygens (including phenoxy) is 2. The van der Waals surface area contributed by atoms with Crippen molar-refractivity contribution >= 4 is 0 Å². The predicted octanol–water partition coefficient (Wildman–Crippen LogP) is 4.45. The van der Waals surface area contributed by atoms with E-state index in [1.807, 2.05) is 0 Å². The van der Waals surface area contributed by atoms with Crippen molar-refractivity contribution in [1.82, 2.24) is 4.90 Å². The SMILES string of the molecule is OCC(CCc1ccccc1OC1CCOCC1)(c1ccccc1)C1CN2CCC1CC2. The zero-order chi connectivity index (χ0) is 21.8. The molecule has 172 valence electrons. The number of benzene rings is 2. The number of aryl methyl sites for hydroxylation is 1. The number of rotatable bonds is 8. The first-order chi connectivity index (χ1) is 15.8. The van der Waals surface area contributed by atoms with Gasteiger partial charge in [0.15, 0.2) is 0 Å². The maximum atomic E-state index is 11.0. The maximum absolute atomic E-state index is 11.0. The number of hydrogen-bond acceptors (Lipinski definition) is 4. The topological polar surface area (TPSA) is 41.9 Å². The molecule has 2 aromatic carbocycles. The number of piperidine rings is 3. The molecule has 4 fully saturated rings. The second-order valence-corrected chi connectivity index (χ2v) is 9.96. The van der Waals surface area contributed by atoms with Crippen LogP contribution in [0.1, 0.15) is 43.2 Å². The Labute approximate surface area is 192 Å². The summed E-state index contributed by atoms with van der Waals surface area (Å²) in [7, 11) is 0. The number of nitrogens with zero attached hydrogens (tertiary/aromatic N) is 1. The van der Waals surface area contributed by atoms with Crippen molar-refractivity contribution in [2.45, 2.75) is 50.0 Å². The molecule has 1 N–H and O–H groups in total. The minimum absolute atomic E-state index is 0.203. The lowest BCUT2D eigenvalue weighted by Gasteiger charge is -2.53. The van der Waals surface area contributed by atoms with Crippen molar-refractivity contribution in [2.24, 2.45) is 11.8 Å². The van der Waals surface area contributed by atoms with Gasteiger partial charge in [0.1, 0.15) is 11.9 Å². The van der Waals surface area contributed by atoms with Crippen LogP contribution in [0, 0.1) is 11.8 Å². The molecule has 0 saturated carbocycles. The lowest BCUT2D eigenvalue weighted by atomic mass is 9.59. The number of para-hydroxylation sites is 1. The molecular formula is C28H37NO3. The molecule has 6 rings (SSSR count). The molecule has 2 unspecified atom stereocenters. The molecule has 4 aliphatic heterocycles. The summed E-state index contributed by atoms with van der Waals surface area (Å²) in [6.45, 7) is 5.33. The van der Waals surface area contributed by atoms with Gasteiger partial charge in [-0.05, 0) is 67.8 Å². The van der Waals surface area contributed by atoms with Gasteiger partial charge < -0.3 is 19.5 Å². The Kier molecular flexibility index (Phi) is 6.82. The van der Waals surface area contributed by atoms with Gasteiger partial charge >= 0.3 is 0 Å². The van der Waals surface area contributed by atoms with Gasteiger partial charge in [0, 0.05) is 24.8 Å².